The van der Waals surface area contributed by atoms with Crippen molar-refractivity contribution in [1.82, 2.24) is 15.3 Å². The number of anilines is 1. The molecule has 6 heteroatoms. The first-order valence-electron chi connectivity index (χ1n) is 6.19. The fourth-order valence-electron chi connectivity index (χ4n) is 2.10. The van der Waals surface area contributed by atoms with Gasteiger partial charge in [0.05, 0.1) is 24.5 Å². The average Bonchev–Trinajstić information content (AvgIpc) is 2.41. The van der Waals surface area contributed by atoms with E-state index in [-0.39, 0.29) is 17.6 Å². The van der Waals surface area contributed by atoms with Crippen molar-refractivity contribution in [3.8, 4) is 0 Å². The van der Waals surface area contributed by atoms with E-state index in [4.69, 9.17) is 0 Å². The summed E-state index contributed by atoms with van der Waals surface area (Å²) in [4.78, 5) is 20.0. The Kier molecular flexibility index (Phi) is 4.09. The largest absolute Gasteiger partial charge is 0.391 e. The van der Waals surface area contributed by atoms with Gasteiger partial charge in [-0.05, 0) is 12.8 Å². The van der Waals surface area contributed by atoms with E-state index in [2.05, 4.69) is 20.6 Å². The van der Waals surface area contributed by atoms with Crippen molar-refractivity contribution < 1.29 is 9.90 Å². The van der Waals surface area contributed by atoms with E-state index >= 15 is 0 Å². The summed E-state index contributed by atoms with van der Waals surface area (Å²) < 4.78 is 0. The van der Waals surface area contributed by atoms with Gasteiger partial charge in [-0.25, -0.2) is 9.97 Å². The van der Waals surface area contributed by atoms with Gasteiger partial charge in [0.1, 0.15) is 11.5 Å². The van der Waals surface area contributed by atoms with Gasteiger partial charge in [-0.3, -0.25) is 4.79 Å². The lowest BCUT2D eigenvalue weighted by Crippen LogP contribution is -2.45. The summed E-state index contributed by atoms with van der Waals surface area (Å²) in [5, 5.41) is 15.4. The van der Waals surface area contributed by atoms with Crippen LogP contribution in [0.15, 0.2) is 12.4 Å². The highest BCUT2D eigenvalue weighted by Gasteiger charge is 2.25. The maximum Gasteiger partial charge on any atom is 0.271 e. The predicted molar refractivity (Wildman–Crippen MR) is 67.3 cm³/mol. The van der Waals surface area contributed by atoms with Crippen LogP contribution in [0.3, 0.4) is 0 Å². The third-order valence-corrected chi connectivity index (χ3v) is 3.19. The Bertz CT molecular complexity index is 407. The number of aliphatic hydroxyl groups excluding tert-OH is 1. The van der Waals surface area contributed by atoms with Gasteiger partial charge in [-0.15, -0.1) is 0 Å². The lowest BCUT2D eigenvalue weighted by Gasteiger charge is -2.28. The number of amides is 1. The van der Waals surface area contributed by atoms with Crippen molar-refractivity contribution in [3.05, 3.63) is 18.1 Å². The molecule has 98 valence electrons. The molecule has 2 rings (SSSR count). The zero-order valence-electron chi connectivity index (χ0n) is 10.4. The highest BCUT2D eigenvalue weighted by atomic mass is 16.3. The van der Waals surface area contributed by atoms with Crippen molar-refractivity contribution in [2.45, 2.75) is 37.8 Å². The first-order valence-corrected chi connectivity index (χ1v) is 6.19. The number of rotatable bonds is 3. The van der Waals surface area contributed by atoms with Crippen LogP contribution in [0.5, 0.6) is 0 Å². The number of aliphatic hydroxyl groups is 1. The van der Waals surface area contributed by atoms with Crippen molar-refractivity contribution in [2.75, 3.05) is 12.4 Å². The molecule has 1 aliphatic rings. The topological polar surface area (TPSA) is 87.1 Å². The molecule has 1 saturated carbocycles. The average molecular weight is 250 g/mol. The van der Waals surface area contributed by atoms with E-state index in [9.17, 15) is 9.90 Å². The molecule has 1 amide bonds. The molecule has 0 bridgehead atoms. The summed E-state index contributed by atoms with van der Waals surface area (Å²) in [5.74, 6) is 0.334. The maximum absolute atomic E-state index is 11.9. The molecule has 0 radical (unpaired) electrons. The minimum atomic E-state index is -0.452. The Morgan fingerprint density at radius 2 is 2.11 bits per heavy atom. The molecule has 2 unspecified atom stereocenters. The number of hydrogen-bond donors (Lipinski definition) is 3. The Hall–Kier alpha value is -1.69. The van der Waals surface area contributed by atoms with Gasteiger partial charge in [-0.1, -0.05) is 12.8 Å². The fraction of sp³-hybridized carbons (Fsp3) is 0.583. The van der Waals surface area contributed by atoms with Gasteiger partial charge in [0.15, 0.2) is 0 Å². The van der Waals surface area contributed by atoms with Crippen LogP contribution in [-0.4, -0.2) is 40.2 Å². The van der Waals surface area contributed by atoms with E-state index < -0.39 is 6.10 Å². The zero-order chi connectivity index (χ0) is 13.0. The summed E-state index contributed by atoms with van der Waals surface area (Å²) >= 11 is 0. The number of nitrogens with one attached hydrogen (secondary N) is 2. The van der Waals surface area contributed by atoms with Gasteiger partial charge in [0.25, 0.3) is 5.91 Å². The van der Waals surface area contributed by atoms with Gasteiger partial charge < -0.3 is 15.7 Å². The summed E-state index contributed by atoms with van der Waals surface area (Å²) in [5.41, 5.74) is 0.270. The number of hydrogen-bond acceptors (Lipinski definition) is 5. The van der Waals surface area contributed by atoms with Crippen LogP contribution < -0.4 is 10.6 Å². The summed E-state index contributed by atoms with van der Waals surface area (Å²) in [7, 11) is 1.74. The fourth-order valence-corrected chi connectivity index (χ4v) is 2.10. The lowest BCUT2D eigenvalue weighted by atomic mass is 9.92. The summed E-state index contributed by atoms with van der Waals surface area (Å²) in [6.45, 7) is 0. The minimum Gasteiger partial charge on any atom is -0.391 e. The molecule has 6 nitrogen and oxygen atoms in total. The van der Waals surface area contributed by atoms with Crippen LogP contribution in [0.25, 0.3) is 0 Å². The molecular weight excluding hydrogens is 232 g/mol. The van der Waals surface area contributed by atoms with Crippen molar-refractivity contribution >= 4 is 11.7 Å². The second-order valence-electron chi connectivity index (χ2n) is 4.47. The molecule has 1 heterocycles. The molecule has 2 atom stereocenters. The standard InChI is InChI=1S/C12H18N4O2/c1-13-11-7-14-9(6-15-11)12(18)16-8-4-2-3-5-10(8)17/h6-8,10,17H,2-5H2,1H3,(H,13,15)(H,16,18). The number of aromatic nitrogens is 2. The number of carbonyl (C=O) groups is 1. The van der Waals surface area contributed by atoms with Crippen molar-refractivity contribution in [2.24, 2.45) is 0 Å². The Morgan fingerprint density at radius 3 is 2.72 bits per heavy atom. The zero-order valence-corrected chi connectivity index (χ0v) is 10.4. The Balaban J connectivity index is 1.97. The second kappa shape index (κ2) is 5.77. The molecule has 3 N–H and O–H groups in total. The third kappa shape index (κ3) is 2.95. The monoisotopic (exact) mass is 250 g/mol. The predicted octanol–water partition coefficient (Wildman–Crippen LogP) is 0.552. The molecule has 1 aromatic rings. The molecular formula is C12H18N4O2. The molecule has 1 fully saturated rings. The number of carbonyl (C=O) groups excluding carboxylic acids is 1. The van der Waals surface area contributed by atoms with Crippen LogP contribution in [0.4, 0.5) is 5.82 Å². The van der Waals surface area contributed by atoms with E-state index in [0.29, 0.717) is 5.82 Å². The molecule has 18 heavy (non-hydrogen) atoms. The first-order chi connectivity index (χ1) is 8.70. The molecule has 0 spiro atoms. The van der Waals surface area contributed by atoms with Crippen LogP contribution in [0, 0.1) is 0 Å². The maximum atomic E-state index is 11.9. The Labute approximate surface area is 106 Å². The van der Waals surface area contributed by atoms with Crippen LogP contribution in [0.2, 0.25) is 0 Å². The second-order valence-corrected chi connectivity index (χ2v) is 4.47. The molecule has 0 aliphatic heterocycles. The lowest BCUT2D eigenvalue weighted by molar-refractivity contribution is 0.0713. The van der Waals surface area contributed by atoms with Crippen LogP contribution in [0.1, 0.15) is 36.2 Å². The highest BCUT2D eigenvalue weighted by molar-refractivity contribution is 5.92. The minimum absolute atomic E-state index is 0.169. The SMILES string of the molecule is CNc1cnc(C(=O)NC2CCCCC2O)cn1. The smallest absolute Gasteiger partial charge is 0.271 e. The molecule has 0 saturated heterocycles. The van der Waals surface area contributed by atoms with Gasteiger partial charge >= 0.3 is 0 Å². The van der Waals surface area contributed by atoms with Crippen molar-refractivity contribution in [1.29, 1.82) is 0 Å². The summed E-state index contributed by atoms with van der Waals surface area (Å²) in [6.07, 6.45) is 6.09. The molecule has 1 aliphatic carbocycles. The van der Waals surface area contributed by atoms with Gasteiger partial charge in [0, 0.05) is 7.05 Å². The highest BCUT2D eigenvalue weighted by Crippen LogP contribution is 2.18. The quantitative estimate of drug-likeness (QED) is 0.729. The van der Waals surface area contributed by atoms with E-state index in [1.807, 2.05) is 0 Å². The van der Waals surface area contributed by atoms with Crippen molar-refractivity contribution in [3.63, 3.8) is 0 Å². The molecule has 1 aromatic heterocycles. The van der Waals surface area contributed by atoms with E-state index in [0.717, 1.165) is 25.7 Å². The van der Waals surface area contributed by atoms with E-state index in [1.165, 1.54) is 12.4 Å². The normalized spacial score (nSPS) is 23.4. The first kappa shape index (κ1) is 12.8. The van der Waals surface area contributed by atoms with E-state index in [1.54, 1.807) is 7.05 Å². The van der Waals surface area contributed by atoms with Crippen LogP contribution in [-0.2, 0) is 0 Å². The van der Waals surface area contributed by atoms with Crippen LogP contribution >= 0.6 is 0 Å². The molecule has 0 aromatic carbocycles. The summed E-state index contributed by atoms with van der Waals surface area (Å²) in [6, 6.07) is -0.169. The Morgan fingerprint density at radius 1 is 1.33 bits per heavy atom. The van der Waals surface area contributed by atoms with Gasteiger partial charge in [-0.2, -0.15) is 0 Å². The third-order valence-electron chi connectivity index (χ3n) is 3.19. The number of nitrogens with zero attached hydrogens (tertiary/aromatic N) is 2. The van der Waals surface area contributed by atoms with Gasteiger partial charge in [0.2, 0.25) is 0 Å².